The molecule has 3 aromatic rings. The minimum absolute atomic E-state index is 0.437. The van der Waals surface area contributed by atoms with Gasteiger partial charge in [0.05, 0.1) is 0 Å². The number of hydrogen-bond acceptors (Lipinski definition) is 3. The van der Waals surface area contributed by atoms with Crippen molar-refractivity contribution in [3.05, 3.63) is 48.5 Å². The lowest BCUT2D eigenvalue weighted by molar-refractivity contribution is -0.137. The summed E-state index contributed by atoms with van der Waals surface area (Å²) in [4.78, 5) is 10.7. The highest BCUT2D eigenvalue weighted by molar-refractivity contribution is 7.99. The van der Waals surface area contributed by atoms with Crippen molar-refractivity contribution < 1.29 is 9.90 Å². The monoisotopic (exact) mass is 314 g/mol. The third-order valence-corrected chi connectivity index (χ3v) is 4.82. The van der Waals surface area contributed by atoms with Crippen LogP contribution in [0.1, 0.15) is 0 Å². The highest BCUT2D eigenvalue weighted by atomic mass is 32.2. The first-order valence-electron chi connectivity index (χ1n) is 7.20. The third-order valence-electron chi connectivity index (χ3n) is 3.75. The van der Waals surface area contributed by atoms with E-state index >= 15 is 0 Å². The number of hydrogen-bond donors (Lipinski definition) is 2. The summed E-state index contributed by atoms with van der Waals surface area (Å²) >= 11 is 1.58. The van der Waals surface area contributed by atoms with Gasteiger partial charge >= 0.3 is 5.97 Å². The second-order valence-corrected chi connectivity index (χ2v) is 6.36. The molecule has 114 valence electrons. The number of rotatable bonds is 6. The van der Waals surface area contributed by atoms with Crippen LogP contribution in [0.2, 0.25) is 0 Å². The topological polar surface area (TPSA) is 68.2 Å². The molecule has 1 aromatic heterocycles. The second kappa shape index (κ2) is 6.42. The Labute approximate surface area is 132 Å². The largest absolute Gasteiger partial charge is 0.480 e. The lowest BCUT2D eigenvalue weighted by Crippen LogP contribution is -2.32. The van der Waals surface area contributed by atoms with Gasteiger partial charge in [0.25, 0.3) is 0 Å². The van der Waals surface area contributed by atoms with Crippen LogP contribution < -0.4 is 5.73 Å². The van der Waals surface area contributed by atoms with Gasteiger partial charge < -0.3 is 15.4 Å². The molecule has 0 bridgehead atoms. The molecule has 22 heavy (non-hydrogen) atoms. The van der Waals surface area contributed by atoms with Gasteiger partial charge in [0.15, 0.2) is 0 Å². The smallest absolute Gasteiger partial charge is 0.321 e. The quantitative estimate of drug-likeness (QED) is 0.686. The van der Waals surface area contributed by atoms with Crippen molar-refractivity contribution >= 4 is 39.5 Å². The molecule has 0 aliphatic carbocycles. The predicted octanol–water partition coefficient (Wildman–Crippen LogP) is 2.94. The van der Waals surface area contributed by atoms with Crippen molar-refractivity contribution in [1.29, 1.82) is 0 Å². The maximum absolute atomic E-state index is 10.7. The number of thioether (sulfide) groups is 1. The summed E-state index contributed by atoms with van der Waals surface area (Å²) in [5, 5.41) is 11.3. The maximum atomic E-state index is 10.7. The van der Waals surface area contributed by atoms with E-state index in [9.17, 15) is 4.79 Å². The molecule has 0 aliphatic rings. The number of para-hydroxylation sites is 2. The average molecular weight is 314 g/mol. The lowest BCUT2D eigenvalue weighted by atomic mass is 10.2. The normalized spacial score (nSPS) is 12.8. The van der Waals surface area contributed by atoms with E-state index in [0.29, 0.717) is 5.75 Å². The molecule has 5 heteroatoms. The molecule has 3 N–H and O–H groups in total. The Hall–Kier alpha value is -1.98. The zero-order valence-corrected chi connectivity index (χ0v) is 12.9. The van der Waals surface area contributed by atoms with Gasteiger partial charge in [-0.3, -0.25) is 4.79 Å². The Morgan fingerprint density at radius 2 is 1.64 bits per heavy atom. The number of carbonyl (C=O) groups is 1. The van der Waals surface area contributed by atoms with Crippen molar-refractivity contribution in [2.45, 2.75) is 12.6 Å². The number of aromatic nitrogens is 1. The van der Waals surface area contributed by atoms with E-state index in [1.165, 1.54) is 21.8 Å². The van der Waals surface area contributed by atoms with Gasteiger partial charge in [-0.25, -0.2) is 0 Å². The molecule has 3 rings (SSSR count). The molecule has 0 spiro atoms. The van der Waals surface area contributed by atoms with Crippen LogP contribution in [0.5, 0.6) is 0 Å². The van der Waals surface area contributed by atoms with Gasteiger partial charge in [-0.05, 0) is 12.1 Å². The van der Waals surface area contributed by atoms with Crippen molar-refractivity contribution in [3.8, 4) is 0 Å². The Morgan fingerprint density at radius 1 is 1.09 bits per heavy atom. The minimum Gasteiger partial charge on any atom is -0.480 e. The van der Waals surface area contributed by atoms with Crippen molar-refractivity contribution in [3.63, 3.8) is 0 Å². The summed E-state index contributed by atoms with van der Waals surface area (Å²) in [6.45, 7) is 0.838. The van der Waals surface area contributed by atoms with Crippen LogP contribution >= 0.6 is 11.8 Å². The van der Waals surface area contributed by atoms with E-state index in [0.717, 1.165) is 12.3 Å². The lowest BCUT2D eigenvalue weighted by Gasteiger charge is -2.09. The second-order valence-electron chi connectivity index (χ2n) is 5.21. The highest BCUT2D eigenvalue weighted by Crippen LogP contribution is 2.28. The van der Waals surface area contributed by atoms with Crippen LogP contribution in [-0.2, 0) is 11.3 Å². The number of nitrogens with zero attached hydrogens (tertiary/aromatic N) is 1. The van der Waals surface area contributed by atoms with E-state index < -0.39 is 12.0 Å². The van der Waals surface area contributed by atoms with E-state index in [1.807, 2.05) is 12.1 Å². The fraction of sp³-hybridized carbons (Fsp3) is 0.235. The molecular weight excluding hydrogens is 296 g/mol. The Bertz CT molecular complexity index is 759. The molecule has 0 saturated heterocycles. The van der Waals surface area contributed by atoms with Crippen LogP contribution in [-0.4, -0.2) is 33.2 Å². The Balaban J connectivity index is 1.82. The van der Waals surface area contributed by atoms with E-state index in [2.05, 4.69) is 41.0 Å². The van der Waals surface area contributed by atoms with Gasteiger partial charge in [-0.1, -0.05) is 36.4 Å². The van der Waals surface area contributed by atoms with Crippen molar-refractivity contribution in [1.82, 2.24) is 4.57 Å². The van der Waals surface area contributed by atoms with Crippen LogP contribution in [0.3, 0.4) is 0 Å². The van der Waals surface area contributed by atoms with Gasteiger partial charge in [0.2, 0.25) is 0 Å². The zero-order valence-electron chi connectivity index (χ0n) is 12.1. The van der Waals surface area contributed by atoms with Crippen LogP contribution in [0.15, 0.2) is 48.5 Å². The summed E-state index contributed by atoms with van der Waals surface area (Å²) in [7, 11) is 0. The number of nitrogens with two attached hydrogens (primary N) is 1. The summed E-state index contributed by atoms with van der Waals surface area (Å²) in [6, 6.07) is 16.0. The first kappa shape index (κ1) is 14.9. The SMILES string of the molecule is N[C@@H](CSCCn1c2ccccc2c2ccccc21)C(=O)O. The molecule has 4 nitrogen and oxygen atoms in total. The fourth-order valence-electron chi connectivity index (χ4n) is 2.68. The molecule has 0 fully saturated rings. The molecule has 1 atom stereocenters. The number of aryl methyl sites for hydroxylation is 1. The molecule has 0 saturated carbocycles. The number of carboxylic acids is 1. The van der Waals surface area contributed by atoms with Crippen LogP contribution in [0.25, 0.3) is 21.8 Å². The van der Waals surface area contributed by atoms with Crippen LogP contribution in [0, 0.1) is 0 Å². The van der Waals surface area contributed by atoms with E-state index in [-0.39, 0.29) is 0 Å². The third kappa shape index (κ3) is 2.82. The Morgan fingerprint density at radius 3 is 2.18 bits per heavy atom. The average Bonchev–Trinajstić information content (AvgIpc) is 2.86. The van der Waals surface area contributed by atoms with Gasteiger partial charge in [-0.15, -0.1) is 0 Å². The first-order chi connectivity index (χ1) is 10.7. The molecular formula is C17H18N2O2S. The van der Waals surface area contributed by atoms with Crippen molar-refractivity contribution in [2.24, 2.45) is 5.73 Å². The van der Waals surface area contributed by atoms with Crippen LogP contribution in [0.4, 0.5) is 0 Å². The van der Waals surface area contributed by atoms with E-state index in [4.69, 9.17) is 10.8 Å². The van der Waals surface area contributed by atoms with Gasteiger partial charge in [-0.2, -0.15) is 11.8 Å². The number of aliphatic carboxylic acids is 1. The van der Waals surface area contributed by atoms with Crippen molar-refractivity contribution in [2.75, 3.05) is 11.5 Å². The predicted molar refractivity (Wildman–Crippen MR) is 92.4 cm³/mol. The summed E-state index contributed by atoms with van der Waals surface area (Å²) in [6.07, 6.45) is 0. The highest BCUT2D eigenvalue weighted by Gasteiger charge is 2.12. The fourth-order valence-corrected chi connectivity index (χ4v) is 3.56. The van der Waals surface area contributed by atoms with Gasteiger partial charge in [0.1, 0.15) is 6.04 Å². The summed E-state index contributed by atoms with van der Waals surface area (Å²) < 4.78 is 2.30. The molecule has 0 amide bonds. The summed E-state index contributed by atoms with van der Waals surface area (Å²) in [5.41, 5.74) is 7.96. The number of carboxylic acid groups (broad SMARTS) is 1. The molecule has 0 unspecified atom stereocenters. The first-order valence-corrected chi connectivity index (χ1v) is 8.36. The minimum atomic E-state index is -0.940. The standard InChI is InChI=1S/C17H18N2O2S/c18-14(17(20)21)11-22-10-9-19-15-7-3-1-5-12(15)13-6-2-4-8-16(13)19/h1-8,14H,9-11,18H2,(H,20,21)/t14-/m0/s1. The van der Waals surface area contributed by atoms with E-state index in [1.54, 1.807) is 11.8 Å². The molecule has 1 heterocycles. The molecule has 2 aromatic carbocycles. The zero-order chi connectivity index (χ0) is 15.5. The Kier molecular flexibility index (Phi) is 4.36. The van der Waals surface area contributed by atoms with Gasteiger partial charge in [0, 0.05) is 39.9 Å². The number of fused-ring (bicyclic) bond motifs is 3. The maximum Gasteiger partial charge on any atom is 0.321 e. The molecule has 0 aliphatic heterocycles. The molecule has 0 radical (unpaired) electrons. The summed E-state index contributed by atoms with van der Waals surface area (Å²) in [5.74, 6) is 0.334. The number of benzene rings is 2.